The molecular weight excluding hydrogens is 364 g/mol. The van der Waals surface area contributed by atoms with Crippen LogP contribution in [-0.2, 0) is 17.6 Å². The molecule has 0 aromatic heterocycles. The third kappa shape index (κ3) is 5.37. The largest absolute Gasteiger partial charge is 0.481 e. The van der Waals surface area contributed by atoms with Crippen LogP contribution in [-0.4, -0.2) is 24.5 Å². The predicted molar refractivity (Wildman–Crippen MR) is 115 cm³/mol. The SMILES string of the molecule is CC(C)CNC(=O)c1ccccc1NC(=O)C(C)Oc1cccc2c1CCCC2. The van der Waals surface area contributed by atoms with Crippen molar-refractivity contribution in [3.8, 4) is 5.75 Å². The summed E-state index contributed by atoms with van der Waals surface area (Å²) in [4.78, 5) is 25.2. The fraction of sp³-hybridized carbons (Fsp3) is 0.417. The molecule has 1 atom stereocenters. The average Bonchev–Trinajstić information content (AvgIpc) is 2.72. The van der Waals surface area contributed by atoms with Crippen LogP contribution in [0.25, 0.3) is 0 Å². The third-order valence-electron chi connectivity index (χ3n) is 5.13. The lowest BCUT2D eigenvalue weighted by atomic mass is 9.91. The van der Waals surface area contributed by atoms with Gasteiger partial charge in [0.15, 0.2) is 6.10 Å². The van der Waals surface area contributed by atoms with Crippen LogP contribution < -0.4 is 15.4 Å². The zero-order chi connectivity index (χ0) is 20.8. The molecule has 1 unspecified atom stereocenters. The van der Waals surface area contributed by atoms with E-state index in [1.54, 1.807) is 31.2 Å². The Labute approximate surface area is 172 Å². The Balaban J connectivity index is 1.69. The molecule has 0 spiro atoms. The first-order valence-electron chi connectivity index (χ1n) is 10.4. The van der Waals surface area contributed by atoms with Gasteiger partial charge in [-0.2, -0.15) is 0 Å². The highest BCUT2D eigenvalue weighted by Gasteiger charge is 2.21. The second kappa shape index (κ2) is 9.59. The average molecular weight is 395 g/mol. The molecule has 5 heteroatoms. The van der Waals surface area contributed by atoms with Gasteiger partial charge in [0.2, 0.25) is 0 Å². The molecule has 1 aliphatic carbocycles. The van der Waals surface area contributed by atoms with Gasteiger partial charge in [-0.3, -0.25) is 9.59 Å². The van der Waals surface area contributed by atoms with Gasteiger partial charge in [0, 0.05) is 6.54 Å². The Kier molecular flexibility index (Phi) is 6.91. The van der Waals surface area contributed by atoms with Gasteiger partial charge in [-0.05, 0) is 67.9 Å². The number of carbonyl (C=O) groups is 2. The molecule has 2 aromatic rings. The minimum absolute atomic E-state index is 0.194. The molecule has 5 nitrogen and oxygen atoms in total. The molecule has 2 amide bonds. The van der Waals surface area contributed by atoms with Crippen molar-refractivity contribution >= 4 is 17.5 Å². The summed E-state index contributed by atoms with van der Waals surface area (Å²) in [7, 11) is 0. The first-order valence-corrected chi connectivity index (χ1v) is 10.4. The first kappa shape index (κ1) is 20.9. The van der Waals surface area contributed by atoms with E-state index in [0.29, 0.717) is 23.7 Å². The van der Waals surface area contributed by atoms with E-state index in [4.69, 9.17) is 4.74 Å². The molecular formula is C24H30N2O3. The van der Waals surface area contributed by atoms with E-state index < -0.39 is 6.10 Å². The first-order chi connectivity index (χ1) is 14.0. The summed E-state index contributed by atoms with van der Waals surface area (Å²) in [5.41, 5.74) is 3.47. The standard InChI is InChI=1S/C24H30N2O3/c1-16(2)15-25-24(28)20-12-6-7-13-21(20)26-23(27)17(3)29-22-14-8-10-18-9-4-5-11-19(18)22/h6-8,10,12-14,16-17H,4-5,9,11,15H2,1-3H3,(H,25,28)(H,26,27). The summed E-state index contributed by atoms with van der Waals surface area (Å²) in [5, 5.41) is 5.75. The van der Waals surface area contributed by atoms with Gasteiger partial charge in [-0.15, -0.1) is 0 Å². The van der Waals surface area contributed by atoms with Crippen molar-refractivity contribution in [3.05, 3.63) is 59.2 Å². The maximum absolute atomic E-state index is 12.8. The van der Waals surface area contributed by atoms with E-state index in [9.17, 15) is 9.59 Å². The van der Waals surface area contributed by atoms with Crippen molar-refractivity contribution in [2.75, 3.05) is 11.9 Å². The molecule has 29 heavy (non-hydrogen) atoms. The second-order valence-corrected chi connectivity index (χ2v) is 8.00. The van der Waals surface area contributed by atoms with Crippen LogP contribution in [0.4, 0.5) is 5.69 Å². The number of amides is 2. The molecule has 0 saturated carbocycles. The number of nitrogens with one attached hydrogen (secondary N) is 2. The number of aryl methyl sites for hydroxylation is 1. The van der Waals surface area contributed by atoms with Crippen LogP contribution >= 0.6 is 0 Å². The summed E-state index contributed by atoms with van der Waals surface area (Å²) in [6.45, 7) is 6.39. The van der Waals surface area contributed by atoms with Gasteiger partial charge in [0.1, 0.15) is 5.75 Å². The minimum atomic E-state index is -0.671. The lowest BCUT2D eigenvalue weighted by molar-refractivity contribution is -0.122. The number of hydrogen-bond acceptors (Lipinski definition) is 3. The highest BCUT2D eigenvalue weighted by molar-refractivity contribution is 6.04. The number of benzene rings is 2. The van der Waals surface area contributed by atoms with Crippen LogP contribution in [0.1, 0.15) is 55.1 Å². The summed E-state index contributed by atoms with van der Waals surface area (Å²) < 4.78 is 6.01. The predicted octanol–water partition coefficient (Wildman–Crippen LogP) is 4.36. The number of rotatable bonds is 7. The molecule has 0 bridgehead atoms. The fourth-order valence-corrected chi connectivity index (χ4v) is 3.52. The van der Waals surface area contributed by atoms with E-state index in [1.807, 2.05) is 26.0 Å². The zero-order valence-electron chi connectivity index (χ0n) is 17.5. The molecule has 2 N–H and O–H groups in total. The van der Waals surface area contributed by atoms with Crippen molar-refractivity contribution in [2.45, 2.75) is 52.6 Å². The van der Waals surface area contributed by atoms with Gasteiger partial charge in [-0.1, -0.05) is 38.1 Å². The number of hydrogen-bond donors (Lipinski definition) is 2. The molecule has 0 saturated heterocycles. The topological polar surface area (TPSA) is 67.4 Å². The molecule has 3 rings (SSSR count). The molecule has 0 radical (unpaired) electrons. The van der Waals surface area contributed by atoms with Gasteiger partial charge in [-0.25, -0.2) is 0 Å². The highest BCUT2D eigenvalue weighted by atomic mass is 16.5. The normalized spacial score (nSPS) is 14.1. The smallest absolute Gasteiger partial charge is 0.265 e. The van der Waals surface area contributed by atoms with Crippen molar-refractivity contribution in [2.24, 2.45) is 5.92 Å². The minimum Gasteiger partial charge on any atom is -0.481 e. The molecule has 2 aromatic carbocycles. The molecule has 0 heterocycles. The summed E-state index contributed by atoms with van der Waals surface area (Å²) >= 11 is 0. The van der Waals surface area contributed by atoms with Gasteiger partial charge >= 0.3 is 0 Å². The zero-order valence-corrected chi connectivity index (χ0v) is 17.5. The molecule has 1 aliphatic rings. The number of para-hydroxylation sites is 1. The fourth-order valence-electron chi connectivity index (χ4n) is 3.52. The Morgan fingerprint density at radius 2 is 1.76 bits per heavy atom. The molecule has 0 aliphatic heterocycles. The van der Waals surface area contributed by atoms with Crippen LogP contribution in [0, 0.1) is 5.92 Å². The molecule has 0 fully saturated rings. The Bertz CT molecular complexity index is 876. The molecule has 154 valence electrons. The van der Waals surface area contributed by atoms with E-state index in [0.717, 1.165) is 25.0 Å². The van der Waals surface area contributed by atoms with Gasteiger partial charge in [0.05, 0.1) is 11.3 Å². The number of fused-ring (bicyclic) bond motifs is 1. The lowest BCUT2D eigenvalue weighted by Gasteiger charge is -2.22. The summed E-state index contributed by atoms with van der Waals surface area (Å²) in [5.74, 6) is 0.668. The lowest BCUT2D eigenvalue weighted by Crippen LogP contribution is -2.32. The van der Waals surface area contributed by atoms with Gasteiger partial charge < -0.3 is 15.4 Å². The monoisotopic (exact) mass is 394 g/mol. The van der Waals surface area contributed by atoms with Crippen molar-refractivity contribution in [1.29, 1.82) is 0 Å². The van der Waals surface area contributed by atoms with E-state index in [-0.39, 0.29) is 11.8 Å². The third-order valence-corrected chi connectivity index (χ3v) is 5.13. The van der Waals surface area contributed by atoms with Crippen molar-refractivity contribution in [1.82, 2.24) is 5.32 Å². The Morgan fingerprint density at radius 3 is 2.55 bits per heavy atom. The van der Waals surface area contributed by atoms with Crippen LogP contribution in [0.2, 0.25) is 0 Å². The van der Waals surface area contributed by atoms with E-state index >= 15 is 0 Å². The maximum atomic E-state index is 12.8. The van der Waals surface area contributed by atoms with Crippen LogP contribution in [0.3, 0.4) is 0 Å². The second-order valence-electron chi connectivity index (χ2n) is 8.00. The number of ether oxygens (including phenoxy) is 1. The van der Waals surface area contributed by atoms with Crippen LogP contribution in [0.5, 0.6) is 5.75 Å². The van der Waals surface area contributed by atoms with Crippen molar-refractivity contribution < 1.29 is 14.3 Å². The Hall–Kier alpha value is -2.82. The highest BCUT2D eigenvalue weighted by Crippen LogP contribution is 2.30. The van der Waals surface area contributed by atoms with Crippen LogP contribution in [0.15, 0.2) is 42.5 Å². The maximum Gasteiger partial charge on any atom is 0.265 e. The Morgan fingerprint density at radius 1 is 1.00 bits per heavy atom. The quantitative estimate of drug-likeness (QED) is 0.733. The summed E-state index contributed by atoms with van der Waals surface area (Å²) in [6, 6.07) is 13.1. The van der Waals surface area contributed by atoms with Crippen molar-refractivity contribution in [3.63, 3.8) is 0 Å². The van der Waals surface area contributed by atoms with E-state index in [2.05, 4.69) is 16.7 Å². The van der Waals surface area contributed by atoms with E-state index in [1.165, 1.54) is 17.5 Å². The number of anilines is 1. The van der Waals surface area contributed by atoms with Gasteiger partial charge in [0.25, 0.3) is 11.8 Å². The summed E-state index contributed by atoms with van der Waals surface area (Å²) in [6.07, 6.45) is 3.72. The number of carbonyl (C=O) groups excluding carboxylic acids is 2.